The smallest absolute Gasteiger partial charge is 0.417 e. The summed E-state index contributed by atoms with van der Waals surface area (Å²) < 4.78 is 4.70. The van der Waals surface area contributed by atoms with Crippen molar-refractivity contribution in [3.05, 3.63) is 22.7 Å². The van der Waals surface area contributed by atoms with E-state index in [0.717, 1.165) is 0 Å². The molecule has 0 bridgehead atoms. The molecule has 2 rings (SSSR count). The summed E-state index contributed by atoms with van der Waals surface area (Å²) in [6.07, 6.45) is 0. The van der Waals surface area contributed by atoms with E-state index in [9.17, 15) is 4.79 Å². The molecule has 0 aliphatic rings. The largest absolute Gasteiger partial charge is 0.506 e. The molecular formula is C7H6N2O3. The number of fused-ring (bicyclic) bond motifs is 1. The van der Waals surface area contributed by atoms with Gasteiger partial charge in [-0.2, -0.15) is 0 Å². The number of nitrogens with two attached hydrogens (primary N) is 1. The number of phenolic OH excluding ortho intramolecular Hbond substituents is 1. The predicted octanol–water partition coefficient (Wildman–Crippen LogP) is 0.409. The minimum absolute atomic E-state index is 0.0699. The first kappa shape index (κ1) is 6.78. The fourth-order valence-corrected chi connectivity index (χ4v) is 1.00. The maximum absolute atomic E-state index is 10.7. The number of H-pyrrole nitrogens is 1. The number of aromatic hydroxyl groups is 1. The van der Waals surface area contributed by atoms with Crippen LogP contribution in [0.2, 0.25) is 0 Å². The number of nitrogens with one attached hydrogen (secondary N) is 1. The molecule has 0 spiro atoms. The highest BCUT2D eigenvalue weighted by Crippen LogP contribution is 2.24. The summed E-state index contributed by atoms with van der Waals surface area (Å²) in [5, 5.41) is 9.14. The third-order valence-corrected chi connectivity index (χ3v) is 1.57. The first-order chi connectivity index (χ1) is 5.66. The Bertz CT molecular complexity index is 441. The zero-order valence-electron chi connectivity index (χ0n) is 6.00. The van der Waals surface area contributed by atoms with Gasteiger partial charge in [0.25, 0.3) is 0 Å². The quantitative estimate of drug-likeness (QED) is 0.390. The number of hydrogen-bond acceptors (Lipinski definition) is 4. The van der Waals surface area contributed by atoms with Gasteiger partial charge in [-0.15, -0.1) is 0 Å². The molecule has 0 saturated heterocycles. The summed E-state index contributed by atoms with van der Waals surface area (Å²) >= 11 is 0. The van der Waals surface area contributed by atoms with Gasteiger partial charge in [0.05, 0.1) is 11.2 Å². The van der Waals surface area contributed by atoms with Crippen molar-refractivity contribution >= 4 is 16.8 Å². The van der Waals surface area contributed by atoms with Crippen LogP contribution in [0.4, 0.5) is 5.69 Å². The molecule has 1 heterocycles. The molecule has 4 N–H and O–H groups in total. The molecule has 1 aromatic carbocycles. The fourth-order valence-electron chi connectivity index (χ4n) is 1.00. The van der Waals surface area contributed by atoms with Crippen molar-refractivity contribution in [3.63, 3.8) is 0 Å². The van der Waals surface area contributed by atoms with Crippen LogP contribution in [0.3, 0.4) is 0 Å². The maximum atomic E-state index is 10.7. The van der Waals surface area contributed by atoms with Gasteiger partial charge in [0.15, 0.2) is 5.58 Å². The molecule has 0 amide bonds. The topological polar surface area (TPSA) is 92.2 Å². The van der Waals surface area contributed by atoms with Gasteiger partial charge < -0.3 is 15.3 Å². The Labute approximate surface area is 66.4 Å². The van der Waals surface area contributed by atoms with Crippen molar-refractivity contribution < 1.29 is 9.52 Å². The van der Waals surface area contributed by atoms with E-state index < -0.39 is 5.76 Å². The standard InChI is InChI=1S/C7H6N2O3/c8-3-1-6-4(2-5(3)10)9-7(11)12-6/h1-2,10H,8H2,(H,9,11). The van der Waals surface area contributed by atoms with Gasteiger partial charge in [0.2, 0.25) is 0 Å². The van der Waals surface area contributed by atoms with Crippen molar-refractivity contribution in [2.45, 2.75) is 0 Å². The van der Waals surface area contributed by atoms with Crippen LogP contribution in [0.15, 0.2) is 21.3 Å². The number of anilines is 1. The Morgan fingerprint density at radius 2 is 2.25 bits per heavy atom. The number of rotatable bonds is 0. The highest BCUT2D eigenvalue weighted by molar-refractivity contribution is 5.79. The SMILES string of the molecule is Nc1cc2oc(=O)[nH]c2cc1O. The second kappa shape index (κ2) is 2.04. The van der Waals surface area contributed by atoms with E-state index in [-0.39, 0.29) is 11.4 Å². The molecule has 5 nitrogen and oxygen atoms in total. The van der Waals surface area contributed by atoms with E-state index in [4.69, 9.17) is 15.3 Å². The van der Waals surface area contributed by atoms with Gasteiger partial charge in [-0.3, -0.25) is 4.98 Å². The lowest BCUT2D eigenvalue weighted by Gasteiger charge is -1.95. The van der Waals surface area contributed by atoms with E-state index in [2.05, 4.69) is 4.98 Å². The maximum Gasteiger partial charge on any atom is 0.417 e. The molecule has 12 heavy (non-hydrogen) atoms. The molecule has 0 radical (unpaired) electrons. The van der Waals surface area contributed by atoms with Gasteiger partial charge >= 0.3 is 5.76 Å². The summed E-state index contributed by atoms with van der Waals surface area (Å²) in [5.74, 6) is -0.630. The number of benzene rings is 1. The zero-order chi connectivity index (χ0) is 8.72. The second-order valence-electron chi connectivity index (χ2n) is 2.42. The Hall–Kier alpha value is -1.91. The van der Waals surface area contributed by atoms with Crippen LogP contribution in [-0.4, -0.2) is 10.1 Å². The molecule has 0 saturated carbocycles. The van der Waals surface area contributed by atoms with E-state index in [0.29, 0.717) is 11.1 Å². The number of aromatic amines is 1. The van der Waals surface area contributed by atoms with Crippen molar-refractivity contribution in [1.82, 2.24) is 4.98 Å². The summed E-state index contributed by atoms with van der Waals surface area (Å²) in [6, 6.07) is 2.73. The summed E-state index contributed by atoms with van der Waals surface area (Å²) in [7, 11) is 0. The Balaban J connectivity index is 2.92. The summed E-state index contributed by atoms with van der Waals surface area (Å²) in [5.41, 5.74) is 6.33. The van der Waals surface area contributed by atoms with Crippen molar-refractivity contribution in [2.24, 2.45) is 0 Å². The van der Waals surface area contributed by atoms with Crippen LogP contribution in [0, 0.1) is 0 Å². The zero-order valence-corrected chi connectivity index (χ0v) is 6.00. The molecule has 62 valence electrons. The van der Waals surface area contributed by atoms with Gasteiger partial charge in [0, 0.05) is 12.1 Å². The molecule has 1 aromatic heterocycles. The Kier molecular flexibility index (Phi) is 1.15. The van der Waals surface area contributed by atoms with Crippen molar-refractivity contribution in [1.29, 1.82) is 0 Å². The van der Waals surface area contributed by atoms with Gasteiger partial charge in [-0.25, -0.2) is 4.79 Å². The van der Waals surface area contributed by atoms with E-state index >= 15 is 0 Å². The minimum atomic E-state index is -0.560. The Morgan fingerprint density at radius 1 is 1.50 bits per heavy atom. The summed E-state index contributed by atoms with van der Waals surface area (Å²) in [6.45, 7) is 0. The van der Waals surface area contributed by atoms with Crippen LogP contribution in [-0.2, 0) is 0 Å². The molecule has 0 aliphatic heterocycles. The average Bonchev–Trinajstić information content (AvgIpc) is 2.30. The first-order valence-corrected chi connectivity index (χ1v) is 3.28. The lowest BCUT2D eigenvalue weighted by atomic mass is 10.3. The third-order valence-electron chi connectivity index (χ3n) is 1.57. The lowest BCUT2D eigenvalue weighted by Crippen LogP contribution is -1.92. The molecule has 0 aliphatic carbocycles. The van der Waals surface area contributed by atoms with Gasteiger partial charge in [-0.1, -0.05) is 0 Å². The minimum Gasteiger partial charge on any atom is -0.506 e. The van der Waals surface area contributed by atoms with Crippen LogP contribution in [0.1, 0.15) is 0 Å². The Morgan fingerprint density at radius 3 is 3.00 bits per heavy atom. The molecule has 0 fully saturated rings. The molecular weight excluding hydrogens is 160 g/mol. The number of oxazole rings is 1. The first-order valence-electron chi connectivity index (χ1n) is 3.28. The number of nitrogen functional groups attached to an aromatic ring is 1. The number of aromatic nitrogens is 1. The van der Waals surface area contributed by atoms with Crippen LogP contribution in [0.5, 0.6) is 5.75 Å². The molecule has 0 atom stereocenters. The van der Waals surface area contributed by atoms with Crippen LogP contribution in [0.25, 0.3) is 11.1 Å². The second-order valence-corrected chi connectivity index (χ2v) is 2.42. The van der Waals surface area contributed by atoms with Crippen LogP contribution >= 0.6 is 0 Å². The van der Waals surface area contributed by atoms with E-state index in [1.807, 2.05) is 0 Å². The van der Waals surface area contributed by atoms with E-state index in [1.165, 1.54) is 12.1 Å². The third kappa shape index (κ3) is 0.833. The van der Waals surface area contributed by atoms with Crippen LogP contribution < -0.4 is 11.5 Å². The molecule has 2 aromatic rings. The summed E-state index contributed by atoms with van der Waals surface area (Å²) in [4.78, 5) is 13.1. The van der Waals surface area contributed by atoms with Crippen molar-refractivity contribution in [2.75, 3.05) is 5.73 Å². The highest BCUT2D eigenvalue weighted by atomic mass is 16.4. The molecule has 0 unspecified atom stereocenters. The van der Waals surface area contributed by atoms with Gasteiger partial charge in [0.1, 0.15) is 5.75 Å². The van der Waals surface area contributed by atoms with E-state index in [1.54, 1.807) is 0 Å². The average molecular weight is 166 g/mol. The highest BCUT2D eigenvalue weighted by Gasteiger charge is 2.04. The number of hydrogen-bond donors (Lipinski definition) is 3. The normalized spacial score (nSPS) is 10.7. The predicted molar refractivity (Wildman–Crippen MR) is 42.9 cm³/mol. The van der Waals surface area contributed by atoms with Gasteiger partial charge in [-0.05, 0) is 0 Å². The monoisotopic (exact) mass is 166 g/mol. The number of phenols is 1. The molecule has 5 heteroatoms. The lowest BCUT2D eigenvalue weighted by molar-refractivity contribution is 0.478. The fraction of sp³-hybridized carbons (Fsp3) is 0. The van der Waals surface area contributed by atoms with Crippen molar-refractivity contribution in [3.8, 4) is 5.75 Å².